The number of nitrogens with zero attached hydrogens (tertiary/aromatic N) is 2. The molecule has 0 saturated carbocycles. The Morgan fingerprint density at radius 3 is 1.78 bits per heavy atom. The Morgan fingerprint density at radius 1 is 0.730 bits per heavy atom. The van der Waals surface area contributed by atoms with Crippen molar-refractivity contribution in [3.05, 3.63) is 35.9 Å². The number of carbonyl (C=O) groups is 11. The fraction of sp³-hybridized carbons (Fsp3) is 0.575. The number of primary amides is 1. The molecule has 8 amide bonds. The number of rotatable bonds is 24. The van der Waals surface area contributed by atoms with Crippen LogP contribution in [-0.4, -0.2) is 159 Å². The maximum atomic E-state index is 14.1. The van der Waals surface area contributed by atoms with Gasteiger partial charge in [0.1, 0.15) is 42.5 Å². The van der Waals surface area contributed by atoms with Gasteiger partial charge in [-0.15, -0.1) is 0 Å². The van der Waals surface area contributed by atoms with E-state index < -0.39 is 139 Å². The minimum atomic E-state index is -1.88. The van der Waals surface area contributed by atoms with E-state index in [-0.39, 0.29) is 38.6 Å². The molecule has 0 aromatic heterocycles. The molecule has 2 fully saturated rings. The Kier molecular flexibility index (Phi) is 19.6. The second-order valence-corrected chi connectivity index (χ2v) is 15.5. The number of nitrogens with two attached hydrogens (primary N) is 2. The van der Waals surface area contributed by atoms with Crippen molar-refractivity contribution in [3.63, 3.8) is 0 Å². The van der Waals surface area contributed by atoms with E-state index in [9.17, 15) is 63.0 Å². The first-order chi connectivity index (χ1) is 29.8. The zero-order valence-corrected chi connectivity index (χ0v) is 35.0. The molecule has 23 heteroatoms. The molecule has 0 radical (unpaired) electrons. The number of benzene rings is 1. The molecule has 9 atom stereocenters. The molecule has 23 nitrogen and oxygen atoms in total. The number of carboxylic acid groups (broad SMARTS) is 2. The van der Waals surface area contributed by atoms with Crippen LogP contribution in [0.2, 0.25) is 0 Å². The predicted octanol–water partition coefficient (Wildman–Crippen LogP) is -3.98. The molecule has 2 aliphatic rings. The minimum absolute atomic E-state index is 0.0379. The second-order valence-electron chi connectivity index (χ2n) is 15.5. The predicted molar refractivity (Wildman–Crippen MR) is 218 cm³/mol. The summed E-state index contributed by atoms with van der Waals surface area (Å²) in [5.41, 5.74) is 11.5. The van der Waals surface area contributed by atoms with Gasteiger partial charge >= 0.3 is 11.9 Å². The molecular formula is C40H57N9O14. The molecule has 1 aromatic rings. The first-order valence-corrected chi connectivity index (χ1v) is 20.5. The Morgan fingerprint density at radius 2 is 1.25 bits per heavy atom. The third kappa shape index (κ3) is 14.8. The van der Waals surface area contributed by atoms with Gasteiger partial charge in [0.25, 0.3) is 0 Å². The second kappa shape index (κ2) is 24.2. The fourth-order valence-electron chi connectivity index (χ4n) is 7.31. The number of carboxylic acids is 2. The Hall–Kier alpha value is -6.49. The average molecular weight is 888 g/mol. The summed E-state index contributed by atoms with van der Waals surface area (Å²) >= 11 is 0. The molecule has 0 bridgehead atoms. The Labute approximate surface area is 362 Å². The van der Waals surface area contributed by atoms with E-state index in [1.165, 1.54) is 4.90 Å². The monoisotopic (exact) mass is 887 g/mol. The van der Waals surface area contributed by atoms with Crippen molar-refractivity contribution in [2.24, 2.45) is 17.4 Å². The molecule has 0 spiro atoms. The molecule has 0 aliphatic carbocycles. The molecule has 3 rings (SSSR count). The quantitative estimate of drug-likeness (QED) is 0.0443. The zero-order chi connectivity index (χ0) is 47.0. The van der Waals surface area contributed by atoms with Crippen LogP contribution in [-0.2, 0) is 59.2 Å². The summed E-state index contributed by atoms with van der Waals surface area (Å²) in [6.45, 7) is 2.48. The number of aliphatic hydroxyl groups is 1. The fourth-order valence-corrected chi connectivity index (χ4v) is 7.31. The minimum Gasteiger partial charge on any atom is -0.481 e. The van der Waals surface area contributed by atoms with Gasteiger partial charge < -0.3 is 68.0 Å². The highest BCUT2D eigenvalue weighted by Crippen LogP contribution is 2.22. The van der Waals surface area contributed by atoms with E-state index in [0.29, 0.717) is 24.8 Å². The topological polar surface area (TPSA) is 367 Å². The van der Waals surface area contributed by atoms with Gasteiger partial charge in [-0.25, -0.2) is 0 Å². The van der Waals surface area contributed by atoms with Crippen LogP contribution in [0.3, 0.4) is 0 Å². The van der Waals surface area contributed by atoms with Crippen LogP contribution in [0.25, 0.3) is 0 Å². The van der Waals surface area contributed by atoms with Gasteiger partial charge in [-0.05, 0) is 37.2 Å². The number of aldehydes is 1. The number of aliphatic carboxylic acids is 2. The van der Waals surface area contributed by atoms with Gasteiger partial charge in [0, 0.05) is 19.5 Å². The lowest BCUT2D eigenvalue weighted by atomic mass is 9.97. The Balaban J connectivity index is 1.80. The normalized spacial score (nSPS) is 19.2. The Bertz CT molecular complexity index is 1870. The van der Waals surface area contributed by atoms with Crippen molar-refractivity contribution in [3.8, 4) is 0 Å². The first-order valence-electron chi connectivity index (χ1n) is 20.5. The number of carbonyl (C=O) groups excluding carboxylic acids is 9. The summed E-state index contributed by atoms with van der Waals surface area (Å²) < 4.78 is 0. The highest BCUT2D eigenvalue weighted by Gasteiger charge is 2.41. The number of hydrogen-bond acceptors (Lipinski definition) is 13. The van der Waals surface area contributed by atoms with E-state index in [4.69, 9.17) is 16.6 Å². The van der Waals surface area contributed by atoms with E-state index in [2.05, 4.69) is 26.6 Å². The number of amides is 8. The van der Waals surface area contributed by atoms with Crippen molar-refractivity contribution in [2.45, 2.75) is 120 Å². The van der Waals surface area contributed by atoms with Gasteiger partial charge in [0.2, 0.25) is 47.3 Å². The van der Waals surface area contributed by atoms with Crippen LogP contribution in [0, 0.1) is 5.92 Å². The highest BCUT2D eigenvalue weighted by atomic mass is 16.4. The first kappa shape index (κ1) is 50.9. The van der Waals surface area contributed by atoms with Crippen LogP contribution >= 0.6 is 0 Å². The highest BCUT2D eigenvalue weighted by molar-refractivity contribution is 5.99. The van der Waals surface area contributed by atoms with Gasteiger partial charge in [-0.2, -0.15) is 0 Å². The van der Waals surface area contributed by atoms with Crippen molar-refractivity contribution in [1.29, 1.82) is 0 Å². The van der Waals surface area contributed by atoms with Gasteiger partial charge in [-0.1, -0.05) is 50.6 Å². The van der Waals surface area contributed by atoms with E-state index >= 15 is 0 Å². The lowest BCUT2D eigenvalue weighted by Crippen LogP contribution is -2.61. The number of nitrogens with one attached hydrogen (secondary N) is 5. The number of likely N-dealkylation sites (tertiary alicyclic amines) is 2. The molecule has 0 unspecified atom stereocenters. The summed E-state index contributed by atoms with van der Waals surface area (Å²) in [6, 6.07) is -2.98. The smallest absolute Gasteiger partial charge is 0.305 e. The standard InChI is InChI=1S/C40H57N9O14/c1-3-21(2)33(47-37(60)29-12-7-13-48(29)39(62)24(41)17-30(42)52)38(61)46-27(20-51)35(58)44-25(18-32(55)56)34(57)45-26(15-22-9-5-4-6-10-22)40(63)49-14-8-11-28(49)36(59)43-23(19-50)16-31(53)54/h4-6,9-10,19,21,23-29,33,51H,3,7-8,11-18,20,41H2,1-2H3,(H2,42,52)(H,43,59)(H,44,58)(H,45,57)(H,46,61)(H,47,60)(H,53,54)(H,55,56)/t21-,23-,24-,25-,26-,27-,28-,29-,33-/m0/s1. The summed E-state index contributed by atoms with van der Waals surface area (Å²) in [6.07, 6.45) is -0.638. The SMILES string of the molecule is CC[C@H](C)[C@H](NC(=O)[C@@H]1CCCN1C(=O)[C@@H](N)CC(N)=O)C(=O)N[C@@H](CO)C(=O)N[C@@H](CC(=O)O)C(=O)N[C@@H](Cc1ccccc1)C(=O)N1CCC[C@H]1C(=O)N[C@H](C=O)CC(=O)O. The van der Waals surface area contributed by atoms with Crippen LogP contribution in [0.1, 0.15) is 70.8 Å². The lowest BCUT2D eigenvalue weighted by molar-refractivity contribution is -0.144. The van der Waals surface area contributed by atoms with Crippen molar-refractivity contribution < 1.29 is 68.1 Å². The molecule has 2 heterocycles. The van der Waals surface area contributed by atoms with Crippen LogP contribution < -0.4 is 38.1 Å². The van der Waals surface area contributed by atoms with Crippen molar-refractivity contribution in [2.75, 3.05) is 19.7 Å². The summed E-state index contributed by atoms with van der Waals surface area (Å²) in [5, 5.41) is 40.9. The third-order valence-electron chi connectivity index (χ3n) is 10.8. The molecule has 2 aliphatic heterocycles. The van der Waals surface area contributed by atoms with Gasteiger partial charge in [0.05, 0.1) is 38.0 Å². The maximum Gasteiger partial charge on any atom is 0.305 e. The lowest BCUT2D eigenvalue weighted by Gasteiger charge is -2.31. The summed E-state index contributed by atoms with van der Waals surface area (Å²) in [4.78, 5) is 143. The number of aliphatic hydroxyl groups excluding tert-OH is 1. The molecule has 346 valence electrons. The van der Waals surface area contributed by atoms with Crippen molar-refractivity contribution in [1.82, 2.24) is 36.4 Å². The summed E-state index contributed by atoms with van der Waals surface area (Å²) in [7, 11) is 0. The van der Waals surface area contributed by atoms with Crippen LogP contribution in [0.5, 0.6) is 0 Å². The average Bonchev–Trinajstić information content (AvgIpc) is 3.94. The maximum absolute atomic E-state index is 14.1. The largest absolute Gasteiger partial charge is 0.481 e. The molecule has 1 aromatic carbocycles. The molecule has 12 N–H and O–H groups in total. The molecule has 63 heavy (non-hydrogen) atoms. The van der Waals surface area contributed by atoms with Gasteiger partial charge in [0.15, 0.2) is 0 Å². The zero-order valence-electron chi connectivity index (χ0n) is 35.0. The van der Waals surface area contributed by atoms with E-state index in [1.807, 2.05) is 0 Å². The third-order valence-corrected chi connectivity index (χ3v) is 10.8. The van der Waals surface area contributed by atoms with Crippen LogP contribution in [0.15, 0.2) is 30.3 Å². The van der Waals surface area contributed by atoms with E-state index in [1.54, 1.807) is 44.2 Å². The van der Waals surface area contributed by atoms with Gasteiger partial charge in [-0.3, -0.25) is 47.9 Å². The molecule has 2 saturated heterocycles. The van der Waals surface area contributed by atoms with E-state index in [0.717, 1.165) is 4.90 Å². The molecular weight excluding hydrogens is 830 g/mol. The van der Waals surface area contributed by atoms with Crippen molar-refractivity contribution >= 4 is 65.5 Å². The van der Waals surface area contributed by atoms with Crippen LogP contribution in [0.4, 0.5) is 0 Å². The summed E-state index contributed by atoms with van der Waals surface area (Å²) in [5.74, 6) is -10.6. The number of hydrogen-bond donors (Lipinski definition) is 10.